The van der Waals surface area contributed by atoms with Gasteiger partial charge in [-0.2, -0.15) is 0 Å². The predicted molar refractivity (Wildman–Crippen MR) is 75.2 cm³/mol. The molecular weight excluding hydrogens is 318 g/mol. The van der Waals surface area contributed by atoms with E-state index in [1.807, 2.05) is 6.92 Å². The van der Waals surface area contributed by atoms with Crippen LogP contribution in [0.15, 0.2) is 27.6 Å². The Morgan fingerprint density at radius 3 is 2.50 bits per heavy atom. The first kappa shape index (κ1) is 15.6. The third-order valence-electron chi connectivity index (χ3n) is 2.29. The number of rotatable bonds is 5. The Labute approximate surface area is 117 Å². The minimum Gasteiger partial charge on any atom is -0.383 e. The Balaban J connectivity index is 3.07. The van der Waals surface area contributed by atoms with Crippen LogP contribution in [0.2, 0.25) is 0 Å². The summed E-state index contributed by atoms with van der Waals surface area (Å²) in [5, 5.41) is 0. The van der Waals surface area contributed by atoms with E-state index in [1.54, 1.807) is 32.0 Å². The second kappa shape index (κ2) is 5.69. The summed E-state index contributed by atoms with van der Waals surface area (Å²) in [6.07, 6.45) is 0. The lowest BCUT2D eigenvalue weighted by Crippen LogP contribution is -2.46. The van der Waals surface area contributed by atoms with E-state index in [0.717, 1.165) is 5.56 Å². The van der Waals surface area contributed by atoms with Crippen LogP contribution >= 0.6 is 15.9 Å². The van der Waals surface area contributed by atoms with Crippen molar-refractivity contribution in [3.63, 3.8) is 0 Å². The van der Waals surface area contributed by atoms with Crippen LogP contribution in [0.4, 0.5) is 0 Å². The maximum absolute atomic E-state index is 12.3. The van der Waals surface area contributed by atoms with E-state index in [4.69, 9.17) is 4.74 Å². The van der Waals surface area contributed by atoms with E-state index in [-0.39, 0.29) is 4.90 Å². The zero-order valence-electron chi connectivity index (χ0n) is 11.0. The van der Waals surface area contributed by atoms with Crippen LogP contribution in [0.1, 0.15) is 19.4 Å². The minimum absolute atomic E-state index is 0.234. The van der Waals surface area contributed by atoms with Gasteiger partial charge in [-0.1, -0.05) is 6.07 Å². The SMILES string of the molecule is COCC(C)(C)NS(=O)(=O)c1ccc(C)cc1Br. The monoisotopic (exact) mass is 335 g/mol. The zero-order chi connectivity index (χ0) is 14.0. The molecule has 0 heterocycles. The molecule has 0 atom stereocenters. The lowest BCUT2D eigenvalue weighted by Gasteiger charge is -2.25. The molecule has 0 fully saturated rings. The number of benzene rings is 1. The topological polar surface area (TPSA) is 55.4 Å². The molecule has 102 valence electrons. The highest BCUT2D eigenvalue weighted by atomic mass is 79.9. The number of sulfonamides is 1. The molecule has 1 aromatic carbocycles. The number of hydrogen-bond donors (Lipinski definition) is 1. The first-order valence-corrected chi connectivity index (χ1v) is 7.75. The van der Waals surface area contributed by atoms with Crippen LogP contribution in [0.5, 0.6) is 0 Å². The molecule has 0 amide bonds. The van der Waals surface area contributed by atoms with Gasteiger partial charge in [0.15, 0.2) is 0 Å². The van der Waals surface area contributed by atoms with E-state index >= 15 is 0 Å². The molecule has 1 rings (SSSR count). The summed E-state index contributed by atoms with van der Waals surface area (Å²) in [6, 6.07) is 5.13. The van der Waals surface area contributed by atoms with E-state index in [9.17, 15) is 8.42 Å². The van der Waals surface area contributed by atoms with Crippen molar-refractivity contribution in [3.05, 3.63) is 28.2 Å². The molecule has 1 aromatic rings. The molecule has 6 heteroatoms. The molecular formula is C12H18BrNO3S. The molecule has 18 heavy (non-hydrogen) atoms. The number of hydrogen-bond acceptors (Lipinski definition) is 3. The molecule has 1 N–H and O–H groups in total. The molecule has 0 aromatic heterocycles. The molecule has 0 radical (unpaired) electrons. The summed E-state index contributed by atoms with van der Waals surface area (Å²) in [5.74, 6) is 0. The molecule has 0 spiro atoms. The van der Waals surface area contributed by atoms with Crippen molar-refractivity contribution in [2.45, 2.75) is 31.2 Å². The van der Waals surface area contributed by atoms with Gasteiger partial charge in [-0.3, -0.25) is 0 Å². The molecule has 0 aliphatic rings. The second-order valence-corrected chi connectivity index (χ2v) is 7.36. The fourth-order valence-corrected chi connectivity index (χ4v) is 4.22. The zero-order valence-corrected chi connectivity index (χ0v) is 13.4. The van der Waals surface area contributed by atoms with Gasteiger partial charge in [0, 0.05) is 11.6 Å². The van der Waals surface area contributed by atoms with Crippen molar-refractivity contribution in [2.75, 3.05) is 13.7 Å². The molecule has 0 saturated heterocycles. The number of aryl methyl sites for hydroxylation is 1. The van der Waals surface area contributed by atoms with Crippen molar-refractivity contribution >= 4 is 26.0 Å². The van der Waals surface area contributed by atoms with Crippen molar-refractivity contribution in [3.8, 4) is 0 Å². The lowest BCUT2D eigenvalue weighted by atomic mass is 10.1. The predicted octanol–water partition coefficient (Wildman–Crippen LogP) is 2.46. The van der Waals surface area contributed by atoms with Crippen molar-refractivity contribution < 1.29 is 13.2 Å². The Hall–Kier alpha value is -0.430. The highest BCUT2D eigenvalue weighted by molar-refractivity contribution is 9.10. The third-order valence-corrected chi connectivity index (χ3v) is 4.97. The normalized spacial score (nSPS) is 12.7. The van der Waals surface area contributed by atoms with Crippen molar-refractivity contribution in [1.82, 2.24) is 4.72 Å². The first-order chi connectivity index (χ1) is 8.18. The highest BCUT2D eigenvalue weighted by Gasteiger charge is 2.27. The summed E-state index contributed by atoms with van der Waals surface area (Å²) >= 11 is 3.28. The summed E-state index contributed by atoms with van der Waals surface area (Å²) in [7, 11) is -2.02. The van der Waals surface area contributed by atoms with Crippen molar-refractivity contribution in [2.24, 2.45) is 0 Å². The highest BCUT2D eigenvalue weighted by Crippen LogP contribution is 2.24. The Kier molecular flexibility index (Phi) is 4.94. The average molecular weight is 336 g/mol. The molecule has 0 bridgehead atoms. The van der Waals surface area contributed by atoms with Crippen molar-refractivity contribution in [1.29, 1.82) is 0 Å². The maximum Gasteiger partial charge on any atom is 0.242 e. The van der Waals surface area contributed by atoms with Gasteiger partial charge in [0.25, 0.3) is 0 Å². The number of nitrogens with one attached hydrogen (secondary N) is 1. The van der Waals surface area contributed by atoms with Gasteiger partial charge < -0.3 is 4.74 Å². The van der Waals surface area contributed by atoms with E-state index in [1.165, 1.54) is 7.11 Å². The Morgan fingerprint density at radius 1 is 1.39 bits per heavy atom. The molecule has 0 saturated carbocycles. The molecule has 0 aliphatic heterocycles. The summed E-state index contributed by atoms with van der Waals surface area (Å²) in [4.78, 5) is 0.234. The van der Waals surface area contributed by atoms with Crippen LogP contribution in [0.3, 0.4) is 0 Å². The standard InChI is InChI=1S/C12H18BrNO3S/c1-9-5-6-11(10(13)7-9)18(15,16)14-12(2,3)8-17-4/h5-7,14H,8H2,1-4H3. The van der Waals surface area contributed by atoms with Gasteiger partial charge in [0.05, 0.1) is 17.0 Å². The Bertz CT molecular complexity index is 526. The maximum atomic E-state index is 12.3. The number of ether oxygens (including phenoxy) is 1. The van der Waals surface area contributed by atoms with Gasteiger partial charge in [-0.05, 0) is 54.4 Å². The smallest absolute Gasteiger partial charge is 0.242 e. The largest absolute Gasteiger partial charge is 0.383 e. The fourth-order valence-electron chi connectivity index (χ4n) is 1.63. The lowest BCUT2D eigenvalue weighted by molar-refractivity contribution is 0.141. The fraction of sp³-hybridized carbons (Fsp3) is 0.500. The van der Waals surface area contributed by atoms with Crippen LogP contribution < -0.4 is 4.72 Å². The van der Waals surface area contributed by atoms with Crippen LogP contribution in [-0.4, -0.2) is 27.7 Å². The number of halogens is 1. The van der Waals surface area contributed by atoms with E-state index in [2.05, 4.69) is 20.7 Å². The van der Waals surface area contributed by atoms with E-state index in [0.29, 0.717) is 11.1 Å². The summed E-state index contributed by atoms with van der Waals surface area (Å²) in [6.45, 7) is 5.76. The van der Waals surface area contributed by atoms with Gasteiger partial charge in [-0.25, -0.2) is 13.1 Å². The molecule has 0 aliphatic carbocycles. The van der Waals surface area contributed by atoms with Gasteiger partial charge in [-0.15, -0.1) is 0 Å². The third kappa shape index (κ3) is 4.05. The molecule has 4 nitrogen and oxygen atoms in total. The Morgan fingerprint density at radius 2 is 2.00 bits per heavy atom. The summed E-state index contributed by atoms with van der Waals surface area (Å²) in [5.41, 5.74) is 0.342. The minimum atomic E-state index is -3.56. The molecule has 0 unspecified atom stereocenters. The van der Waals surface area contributed by atoms with Gasteiger partial charge >= 0.3 is 0 Å². The van der Waals surface area contributed by atoms with Crippen LogP contribution in [0, 0.1) is 6.92 Å². The summed E-state index contributed by atoms with van der Waals surface area (Å²) < 4.78 is 32.7. The second-order valence-electron chi connectivity index (χ2n) is 4.86. The average Bonchev–Trinajstić information content (AvgIpc) is 2.14. The van der Waals surface area contributed by atoms with Crippen LogP contribution in [-0.2, 0) is 14.8 Å². The van der Waals surface area contributed by atoms with Gasteiger partial charge in [0.1, 0.15) is 0 Å². The van der Waals surface area contributed by atoms with Gasteiger partial charge in [0.2, 0.25) is 10.0 Å². The van der Waals surface area contributed by atoms with E-state index < -0.39 is 15.6 Å². The first-order valence-electron chi connectivity index (χ1n) is 5.47. The number of methoxy groups -OCH3 is 1. The van der Waals surface area contributed by atoms with Crippen LogP contribution in [0.25, 0.3) is 0 Å². The quantitative estimate of drug-likeness (QED) is 0.899.